The summed E-state index contributed by atoms with van der Waals surface area (Å²) in [6.07, 6.45) is 83.0. The molecule has 0 heterocycles. The molecule has 0 fully saturated rings. The minimum atomic E-state index is -0.795. The summed E-state index contributed by atoms with van der Waals surface area (Å²) in [6, 6.07) is 0. The molecule has 75 heavy (non-hydrogen) atoms. The van der Waals surface area contributed by atoms with E-state index in [0.717, 1.165) is 122 Å². The quantitative estimate of drug-likeness (QED) is 0.0261. The zero-order chi connectivity index (χ0) is 54.3. The number of rotatable bonds is 58. The highest BCUT2D eigenvalue weighted by Gasteiger charge is 2.19. The van der Waals surface area contributed by atoms with Crippen LogP contribution in [0.15, 0.2) is 85.1 Å². The van der Waals surface area contributed by atoms with Gasteiger partial charge in [0.15, 0.2) is 6.10 Å². The van der Waals surface area contributed by atoms with E-state index in [1.165, 1.54) is 154 Å². The summed E-state index contributed by atoms with van der Waals surface area (Å²) in [6.45, 7) is 6.51. The average molecular weight is 1050 g/mol. The van der Waals surface area contributed by atoms with Gasteiger partial charge in [-0.25, -0.2) is 0 Å². The Morgan fingerprint density at radius 2 is 0.520 bits per heavy atom. The molecule has 6 nitrogen and oxygen atoms in total. The van der Waals surface area contributed by atoms with Crippen LogP contribution in [0.3, 0.4) is 0 Å². The maximum absolute atomic E-state index is 12.9. The average Bonchev–Trinajstić information content (AvgIpc) is 3.41. The Morgan fingerprint density at radius 3 is 0.840 bits per heavy atom. The number of hydrogen-bond donors (Lipinski definition) is 0. The van der Waals surface area contributed by atoms with Crippen LogP contribution in [-0.4, -0.2) is 37.2 Å². The predicted octanol–water partition coefficient (Wildman–Crippen LogP) is 21.9. The maximum atomic E-state index is 12.9. The Bertz CT molecular complexity index is 1430. The topological polar surface area (TPSA) is 78.9 Å². The van der Waals surface area contributed by atoms with Gasteiger partial charge in [0, 0.05) is 19.3 Å². The molecule has 0 bridgehead atoms. The first-order chi connectivity index (χ1) is 37.0. The SMILES string of the molecule is CC/C=C\C/C=C\C/C=C\C/C=C\CCCCCCC(=O)OCC(COC(=O)CCCCCCCCCCCCCCCCCCCCCCC)OC(=O)CCCCCCCC/C=C\C/C=C\C/C=C\CCCCC. The van der Waals surface area contributed by atoms with E-state index in [1.54, 1.807) is 0 Å². The van der Waals surface area contributed by atoms with Crippen molar-refractivity contribution in [3.8, 4) is 0 Å². The van der Waals surface area contributed by atoms with E-state index in [1.807, 2.05) is 0 Å². The number of carbonyl (C=O) groups excluding carboxylic acids is 3. The van der Waals surface area contributed by atoms with Gasteiger partial charge in [-0.2, -0.15) is 0 Å². The number of unbranched alkanes of at least 4 members (excludes halogenated alkanes) is 33. The molecule has 0 aliphatic rings. The van der Waals surface area contributed by atoms with Crippen LogP contribution in [-0.2, 0) is 28.6 Å². The second-order valence-electron chi connectivity index (χ2n) is 21.3. The van der Waals surface area contributed by atoms with E-state index in [0.29, 0.717) is 19.3 Å². The molecule has 0 aromatic heterocycles. The van der Waals surface area contributed by atoms with Gasteiger partial charge in [0.1, 0.15) is 13.2 Å². The monoisotopic (exact) mass is 1040 g/mol. The fourth-order valence-electron chi connectivity index (χ4n) is 9.09. The molecule has 0 aromatic carbocycles. The summed E-state index contributed by atoms with van der Waals surface area (Å²) >= 11 is 0. The lowest BCUT2D eigenvalue weighted by molar-refractivity contribution is -0.167. The Kier molecular flexibility index (Phi) is 60.3. The number of hydrogen-bond acceptors (Lipinski definition) is 6. The van der Waals surface area contributed by atoms with Crippen molar-refractivity contribution in [3.05, 3.63) is 85.1 Å². The number of ether oxygens (including phenoxy) is 3. The smallest absolute Gasteiger partial charge is 0.306 e. The van der Waals surface area contributed by atoms with E-state index in [2.05, 4.69) is 106 Å². The van der Waals surface area contributed by atoms with Crippen molar-refractivity contribution in [2.45, 2.75) is 322 Å². The third kappa shape index (κ3) is 61.3. The largest absolute Gasteiger partial charge is 0.462 e. The molecular weight excluding hydrogens is 925 g/mol. The van der Waals surface area contributed by atoms with Crippen molar-refractivity contribution in [2.75, 3.05) is 13.2 Å². The minimum Gasteiger partial charge on any atom is -0.462 e. The van der Waals surface area contributed by atoms with Crippen LogP contribution in [0.5, 0.6) is 0 Å². The van der Waals surface area contributed by atoms with Crippen LogP contribution in [0.25, 0.3) is 0 Å². The number of esters is 3. The summed E-state index contributed by atoms with van der Waals surface area (Å²) in [4.78, 5) is 38.3. The first-order valence-electron chi connectivity index (χ1n) is 32.1. The third-order valence-corrected chi connectivity index (χ3v) is 13.9. The second-order valence-corrected chi connectivity index (χ2v) is 21.3. The lowest BCUT2D eigenvalue weighted by atomic mass is 10.0. The normalized spacial score (nSPS) is 12.6. The van der Waals surface area contributed by atoms with E-state index in [4.69, 9.17) is 14.2 Å². The zero-order valence-electron chi connectivity index (χ0n) is 49.6. The molecule has 0 amide bonds. The van der Waals surface area contributed by atoms with Crippen LogP contribution in [0, 0.1) is 0 Å². The van der Waals surface area contributed by atoms with Gasteiger partial charge in [-0.15, -0.1) is 0 Å². The van der Waals surface area contributed by atoms with Gasteiger partial charge in [0.25, 0.3) is 0 Å². The summed E-state index contributed by atoms with van der Waals surface area (Å²) in [5, 5.41) is 0. The van der Waals surface area contributed by atoms with Gasteiger partial charge in [-0.3, -0.25) is 14.4 Å². The third-order valence-electron chi connectivity index (χ3n) is 13.9. The highest BCUT2D eigenvalue weighted by molar-refractivity contribution is 5.71. The van der Waals surface area contributed by atoms with Crippen molar-refractivity contribution in [3.63, 3.8) is 0 Å². The molecular formula is C69H120O6. The first kappa shape index (κ1) is 71.6. The van der Waals surface area contributed by atoms with E-state index in [-0.39, 0.29) is 31.1 Å². The number of carbonyl (C=O) groups is 3. The predicted molar refractivity (Wildman–Crippen MR) is 325 cm³/mol. The molecule has 0 N–H and O–H groups in total. The lowest BCUT2D eigenvalue weighted by Crippen LogP contribution is -2.30. The number of allylic oxidation sites excluding steroid dienone is 14. The molecule has 1 atom stereocenters. The van der Waals surface area contributed by atoms with Gasteiger partial charge < -0.3 is 14.2 Å². The highest BCUT2D eigenvalue weighted by atomic mass is 16.6. The van der Waals surface area contributed by atoms with Crippen LogP contribution in [0.4, 0.5) is 0 Å². The molecule has 0 aliphatic heterocycles. The maximum Gasteiger partial charge on any atom is 0.306 e. The zero-order valence-corrected chi connectivity index (χ0v) is 49.6. The second kappa shape index (κ2) is 63.1. The van der Waals surface area contributed by atoms with Crippen LogP contribution < -0.4 is 0 Å². The lowest BCUT2D eigenvalue weighted by Gasteiger charge is -2.18. The summed E-state index contributed by atoms with van der Waals surface area (Å²) in [7, 11) is 0. The molecule has 6 heteroatoms. The van der Waals surface area contributed by atoms with E-state index < -0.39 is 6.10 Å². The molecule has 0 aromatic rings. The van der Waals surface area contributed by atoms with Gasteiger partial charge in [0.2, 0.25) is 0 Å². The minimum absolute atomic E-state index is 0.0876. The first-order valence-corrected chi connectivity index (χ1v) is 32.1. The van der Waals surface area contributed by atoms with Crippen LogP contribution in [0.1, 0.15) is 316 Å². The Labute approximate surface area is 465 Å². The summed E-state index contributed by atoms with van der Waals surface area (Å²) < 4.78 is 16.9. The molecule has 0 saturated heterocycles. The van der Waals surface area contributed by atoms with E-state index >= 15 is 0 Å². The van der Waals surface area contributed by atoms with Crippen molar-refractivity contribution < 1.29 is 28.6 Å². The fourth-order valence-corrected chi connectivity index (χ4v) is 9.09. The van der Waals surface area contributed by atoms with Crippen molar-refractivity contribution in [1.82, 2.24) is 0 Å². The molecule has 0 aliphatic carbocycles. The van der Waals surface area contributed by atoms with Gasteiger partial charge in [-0.05, 0) is 96.3 Å². The van der Waals surface area contributed by atoms with Crippen molar-refractivity contribution >= 4 is 17.9 Å². The molecule has 0 saturated carbocycles. The van der Waals surface area contributed by atoms with Gasteiger partial charge in [-0.1, -0.05) is 286 Å². The van der Waals surface area contributed by atoms with Crippen LogP contribution in [0.2, 0.25) is 0 Å². The molecule has 432 valence electrons. The molecule has 0 spiro atoms. The summed E-state index contributed by atoms with van der Waals surface area (Å²) in [5.74, 6) is -0.911. The highest BCUT2D eigenvalue weighted by Crippen LogP contribution is 2.17. The Hall–Kier alpha value is -3.41. The van der Waals surface area contributed by atoms with Crippen molar-refractivity contribution in [1.29, 1.82) is 0 Å². The molecule has 1 unspecified atom stereocenters. The fraction of sp³-hybridized carbons (Fsp3) is 0.754. The van der Waals surface area contributed by atoms with Crippen molar-refractivity contribution in [2.24, 2.45) is 0 Å². The Balaban J connectivity index is 4.41. The Morgan fingerprint density at radius 1 is 0.280 bits per heavy atom. The summed E-state index contributed by atoms with van der Waals surface area (Å²) in [5.41, 5.74) is 0. The molecule has 0 radical (unpaired) electrons. The standard InChI is InChI=1S/C69H120O6/c1-4-7-10-13-16-19-22-25-28-31-33-34-36-38-41-44-47-50-53-56-59-62-68(71)74-65-66(64-73-67(70)61-58-55-52-49-46-43-40-37-30-27-24-21-18-15-12-9-6-3)75-69(72)63-60-57-54-51-48-45-42-39-35-32-29-26-23-20-17-14-11-8-5-2/h9,12,17-18,20-21,26-27,29-30,35,39-40,43,66H,4-8,10-11,13-16,19,22-25,28,31-34,36-38,41-42,44-65H2,1-3H3/b12-9-,20-17-,21-18-,29-26-,30-27-,39-35-,43-40-. The van der Waals surface area contributed by atoms with Gasteiger partial charge in [0.05, 0.1) is 0 Å². The van der Waals surface area contributed by atoms with E-state index in [9.17, 15) is 14.4 Å². The van der Waals surface area contributed by atoms with Gasteiger partial charge >= 0.3 is 17.9 Å². The van der Waals surface area contributed by atoms with Crippen LogP contribution >= 0.6 is 0 Å². The molecule has 0 rings (SSSR count).